The fraction of sp³-hybridized carbons (Fsp3) is 0.333. The van der Waals surface area contributed by atoms with Crippen LogP contribution in [0.5, 0.6) is 0 Å². The summed E-state index contributed by atoms with van der Waals surface area (Å²) >= 11 is 5.12. The Hall–Kier alpha value is -0.720. The van der Waals surface area contributed by atoms with Crippen molar-refractivity contribution in [1.29, 1.82) is 0 Å². The molecule has 0 amide bonds. The Balaban J connectivity index is 2.11. The van der Waals surface area contributed by atoms with Crippen molar-refractivity contribution in [2.45, 2.75) is 19.5 Å². The van der Waals surface area contributed by atoms with Gasteiger partial charge in [-0.2, -0.15) is 5.10 Å². The van der Waals surface area contributed by atoms with E-state index < -0.39 is 0 Å². The number of rotatable bonds is 3. The minimum atomic E-state index is -0.110. The van der Waals surface area contributed by atoms with Crippen molar-refractivity contribution in [3.8, 4) is 0 Å². The van der Waals surface area contributed by atoms with Crippen LogP contribution in [-0.2, 0) is 6.54 Å². The average Bonchev–Trinajstić information content (AvgIpc) is 2.76. The van der Waals surface area contributed by atoms with Crippen LogP contribution in [0.3, 0.4) is 0 Å². The summed E-state index contributed by atoms with van der Waals surface area (Å²) in [7, 11) is 0. The first kappa shape index (κ1) is 10.8. The second-order valence-corrected chi connectivity index (χ2v) is 5.84. The summed E-state index contributed by atoms with van der Waals surface area (Å²) in [6.45, 7) is 2.62. The Bertz CT molecular complexity index is 448. The molecule has 0 aliphatic heterocycles. The summed E-state index contributed by atoms with van der Waals surface area (Å²) in [6.07, 6.45) is 1.71. The van der Waals surface area contributed by atoms with Crippen LogP contribution in [0.15, 0.2) is 22.2 Å². The molecule has 1 unspecified atom stereocenters. The minimum absolute atomic E-state index is 0.110. The van der Waals surface area contributed by atoms with E-state index in [2.05, 4.69) is 32.1 Å². The monoisotopic (exact) mass is 286 g/mol. The predicted octanol–water partition coefficient (Wildman–Crippen LogP) is 2.17. The molecular weight excluding hydrogens is 276 g/mol. The Morgan fingerprint density at radius 3 is 2.93 bits per heavy atom. The quantitative estimate of drug-likeness (QED) is 0.941. The zero-order chi connectivity index (χ0) is 10.8. The lowest BCUT2D eigenvalue weighted by Gasteiger charge is -1.98. The maximum Gasteiger partial charge on any atom is 0.166 e. The molecule has 2 N–H and O–H groups in total. The van der Waals surface area contributed by atoms with Crippen LogP contribution in [0, 0.1) is 0 Å². The van der Waals surface area contributed by atoms with Gasteiger partial charge in [-0.15, -0.1) is 11.3 Å². The van der Waals surface area contributed by atoms with Gasteiger partial charge in [-0.1, -0.05) is 0 Å². The molecule has 0 saturated heterocycles. The summed E-state index contributed by atoms with van der Waals surface area (Å²) < 4.78 is 2.93. The first-order valence-corrected chi connectivity index (χ1v) is 6.15. The number of nitrogens with two attached hydrogens (primary N) is 1. The highest BCUT2D eigenvalue weighted by atomic mass is 79.9. The first-order chi connectivity index (χ1) is 7.15. The zero-order valence-corrected chi connectivity index (χ0v) is 10.6. The van der Waals surface area contributed by atoms with Crippen molar-refractivity contribution in [2.75, 3.05) is 0 Å². The third-order valence-electron chi connectivity index (χ3n) is 1.91. The largest absolute Gasteiger partial charge is 0.321 e. The van der Waals surface area contributed by atoms with Gasteiger partial charge < -0.3 is 5.73 Å². The molecule has 0 fully saturated rings. The number of hydrogen-bond acceptors (Lipinski definition) is 4. The molecule has 0 spiro atoms. The lowest BCUT2D eigenvalue weighted by Crippen LogP contribution is -2.08. The molecule has 2 aromatic heterocycles. The predicted molar refractivity (Wildman–Crippen MR) is 63.7 cm³/mol. The van der Waals surface area contributed by atoms with Crippen molar-refractivity contribution in [3.05, 3.63) is 32.9 Å². The van der Waals surface area contributed by atoms with Crippen LogP contribution in [0.1, 0.15) is 23.7 Å². The van der Waals surface area contributed by atoms with E-state index in [1.54, 1.807) is 22.3 Å². The molecule has 2 rings (SSSR count). The third-order valence-corrected chi connectivity index (χ3v) is 3.52. The third kappa shape index (κ3) is 2.64. The van der Waals surface area contributed by atoms with Crippen molar-refractivity contribution in [1.82, 2.24) is 14.8 Å². The zero-order valence-electron chi connectivity index (χ0n) is 8.22. The van der Waals surface area contributed by atoms with Gasteiger partial charge in [-0.05, 0) is 35.0 Å². The fourth-order valence-corrected chi connectivity index (χ4v) is 2.67. The highest BCUT2D eigenvalue weighted by Gasteiger charge is 2.06. The molecule has 0 saturated carbocycles. The molecule has 2 aromatic rings. The summed E-state index contributed by atoms with van der Waals surface area (Å²) in [4.78, 5) is 5.38. The van der Waals surface area contributed by atoms with Gasteiger partial charge in [0.05, 0.1) is 16.4 Å². The molecule has 0 aliphatic rings. The molecular formula is C9H11BrN4S. The van der Waals surface area contributed by atoms with Gasteiger partial charge in [-0.3, -0.25) is 0 Å². The normalized spacial score (nSPS) is 13.0. The van der Waals surface area contributed by atoms with Gasteiger partial charge in [0.15, 0.2) is 5.82 Å². The van der Waals surface area contributed by atoms with E-state index in [0.29, 0.717) is 5.82 Å². The van der Waals surface area contributed by atoms with E-state index in [9.17, 15) is 0 Å². The topological polar surface area (TPSA) is 56.7 Å². The summed E-state index contributed by atoms with van der Waals surface area (Å²) in [6, 6.07) is 3.99. The maximum absolute atomic E-state index is 5.68. The number of nitrogens with zero attached hydrogens (tertiary/aromatic N) is 3. The Morgan fingerprint density at radius 2 is 2.40 bits per heavy atom. The van der Waals surface area contributed by atoms with E-state index in [4.69, 9.17) is 5.73 Å². The van der Waals surface area contributed by atoms with Crippen molar-refractivity contribution in [3.63, 3.8) is 0 Å². The van der Waals surface area contributed by atoms with Gasteiger partial charge in [-0.25, -0.2) is 9.67 Å². The second kappa shape index (κ2) is 4.42. The second-order valence-electron chi connectivity index (χ2n) is 3.29. The number of halogens is 1. The van der Waals surface area contributed by atoms with Gasteiger partial charge >= 0.3 is 0 Å². The maximum atomic E-state index is 5.68. The standard InChI is InChI=1S/C9H11BrN4S/c1-6(11)9-12-5-14(13-9)4-7-2-3-8(10)15-7/h2-3,5-6H,4,11H2,1H3. The van der Waals surface area contributed by atoms with Gasteiger partial charge in [0.2, 0.25) is 0 Å². The van der Waals surface area contributed by atoms with E-state index in [-0.39, 0.29) is 6.04 Å². The van der Waals surface area contributed by atoms with Gasteiger partial charge in [0, 0.05) is 4.88 Å². The summed E-state index contributed by atoms with van der Waals surface area (Å²) in [5.41, 5.74) is 5.68. The van der Waals surface area contributed by atoms with Crippen LogP contribution < -0.4 is 5.73 Å². The number of thiophene rings is 1. The molecule has 4 nitrogen and oxygen atoms in total. The Kier molecular flexibility index (Phi) is 3.18. The van der Waals surface area contributed by atoms with Crippen LogP contribution in [0.4, 0.5) is 0 Å². The highest BCUT2D eigenvalue weighted by Crippen LogP contribution is 2.22. The lowest BCUT2D eigenvalue weighted by atomic mass is 10.3. The molecule has 0 radical (unpaired) electrons. The number of aromatic nitrogens is 3. The highest BCUT2D eigenvalue weighted by molar-refractivity contribution is 9.11. The van der Waals surface area contributed by atoms with Crippen LogP contribution in [0.25, 0.3) is 0 Å². The fourth-order valence-electron chi connectivity index (χ4n) is 1.19. The van der Waals surface area contributed by atoms with Crippen molar-refractivity contribution >= 4 is 27.3 Å². The van der Waals surface area contributed by atoms with Gasteiger partial charge in [0.1, 0.15) is 6.33 Å². The molecule has 0 aromatic carbocycles. The lowest BCUT2D eigenvalue weighted by molar-refractivity contribution is 0.654. The molecule has 0 bridgehead atoms. The molecule has 0 aliphatic carbocycles. The van der Waals surface area contributed by atoms with Crippen molar-refractivity contribution < 1.29 is 0 Å². The van der Waals surface area contributed by atoms with E-state index in [1.165, 1.54) is 4.88 Å². The minimum Gasteiger partial charge on any atom is -0.321 e. The summed E-state index contributed by atoms with van der Waals surface area (Å²) in [5, 5.41) is 4.29. The Labute approximate surface area is 100 Å². The molecule has 15 heavy (non-hydrogen) atoms. The smallest absolute Gasteiger partial charge is 0.166 e. The van der Waals surface area contributed by atoms with E-state index >= 15 is 0 Å². The van der Waals surface area contributed by atoms with E-state index in [0.717, 1.165) is 10.3 Å². The number of hydrogen-bond donors (Lipinski definition) is 1. The molecule has 2 heterocycles. The van der Waals surface area contributed by atoms with Crippen LogP contribution in [-0.4, -0.2) is 14.8 Å². The average molecular weight is 287 g/mol. The SMILES string of the molecule is CC(N)c1ncn(Cc2ccc(Br)s2)n1. The summed E-state index contributed by atoms with van der Waals surface area (Å²) in [5.74, 6) is 0.686. The van der Waals surface area contributed by atoms with Gasteiger partial charge in [0.25, 0.3) is 0 Å². The van der Waals surface area contributed by atoms with Crippen LogP contribution in [0.2, 0.25) is 0 Å². The molecule has 6 heteroatoms. The van der Waals surface area contributed by atoms with Crippen LogP contribution >= 0.6 is 27.3 Å². The first-order valence-electron chi connectivity index (χ1n) is 4.54. The molecule has 1 atom stereocenters. The molecule has 80 valence electrons. The van der Waals surface area contributed by atoms with E-state index in [1.807, 2.05) is 13.0 Å². The van der Waals surface area contributed by atoms with Crippen molar-refractivity contribution in [2.24, 2.45) is 5.73 Å². The Morgan fingerprint density at radius 1 is 1.60 bits per heavy atom.